The topological polar surface area (TPSA) is 101 Å². The molecule has 2 aromatic rings. The smallest absolute Gasteiger partial charge is 0.263 e. The summed E-state index contributed by atoms with van der Waals surface area (Å²) in [5.41, 5.74) is 6.66. The van der Waals surface area contributed by atoms with E-state index in [-0.39, 0.29) is 10.7 Å². The lowest BCUT2D eigenvalue weighted by Crippen LogP contribution is -2.19. The second-order valence-corrected chi connectivity index (χ2v) is 7.12. The Labute approximate surface area is 134 Å². The fourth-order valence-electron chi connectivity index (χ4n) is 1.69. The molecular formula is C13H17N5O2S2. The van der Waals surface area contributed by atoms with Crippen LogP contribution in [-0.4, -0.2) is 38.7 Å². The van der Waals surface area contributed by atoms with Crippen LogP contribution in [0, 0.1) is 0 Å². The predicted octanol–water partition coefficient (Wildman–Crippen LogP) is 1.65. The molecule has 0 bridgehead atoms. The molecule has 22 heavy (non-hydrogen) atoms. The standard InChI is InChI=1S/C13H17N5O2S2/c1-18(2)11-8-15-13(21-3)16-12(11)17-22(19,20)10-6-4-9(14)5-7-10/h4-8H,14H2,1-3H3,(H,15,16,17). The highest BCUT2D eigenvalue weighted by Gasteiger charge is 2.18. The molecule has 0 unspecified atom stereocenters. The Morgan fingerprint density at radius 3 is 2.41 bits per heavy atom. The summed E-state index contributed by atoms with van der Waals surface area (Å²) >= 11 is 1.34. The maximum absolute atomic E-state index is 12.4. The van der Waals surface area contributed by atoms with Crippen molar-refractivity contribution in [2.24, 2.45) is 0 Å². The van der Waals surface area contributed by atoms with Crippen LogP contribution in [0.25, 0.3) is 0 Å². The number of anilines is 3. The lowest BCUT2D eigenvalue weighted by Gasteiger charge is -2.17. The summed E-state index contributed by atoms with van der Waals surface area (Å²) in [6.07, 6.45) is 3.41. The lowest BCUT2D eigenvalue weighted by molar-refractivity contribution is 0.601. The molecule has 0 saturated heterocycles. The number of sulfonamides is 1. The quantitative estimate of drug-likeness (QED) is 0.485. The summed E-state index contributed by atoms with van der Waals surface area (Å²) in [7, 11) is -0.163. The van der Waals surface area contributed by atoms with Crippen molar-refractivity contribution < 1.29 is 8.42 Å². The number of hydrogen-bond donors (Lipinski definition) is 2. The summed E-state index contributed by atoms with van der Waals surface area (Å²) in [5, 5.41) is 0.487. The Balaban J connectivity index is 2.42. The van der Waals surface area contributed by atoms with Gasteiger partial charge in [0.1, 0.15) is 0 Å². The minimum Gasteiger partial charge on any atom is -0.399 e. The molecule has 0 aliphatic rings. The van der Waals surface area contributed by atoms with Crippen molar-refractivity contribution in [1.82, 2.24) is 9.97 Å². The van der Waals surface area contributed by atoms with Crippen LogP contribution in [0.4, 0.5) is 17.2 Å². The van der Waals surface area contributed by atoms with Gasteiger partial charge >= 0.3 is 0 Å². The molecule has 0 aliphatic heterocycles. The molecule has 0 amide bonds. The number of benzene rings is 1. The zero-order chi connectivity index (χ0) is 16.3. The number of nitrogens with zero attached hydrogens (tertiary/aromatic N) is 3. The average Bonchev–Trinajstić information content (AvgIpc) is 2.46. The Hall–Kier alpha value is -2.00. The largest absolute Gasteiger partial charge is 0.399 e. The third-order valence-corrected chi connectivity index (χ3v) is 4.75. The van der Waals surface area contributed by atoms with Gasteiger partial charge in [0, 0.05) is 19.8 Å². The van der Waals surface area contributed by atoms with Gasteiger partial charge in [-0.2, -0.15) is 0 Å². The third-order valence-electron chi connectivity index (χ3n) is 2.83. The number of aromatic nitrogens is 2. The fourth-order valence-corrected chi connectivity index (χ4v) is 3.05. The highest BCUT2D eigenvalue weighted by atomic mass is 32.2. The van der Waals surface area contributed by atoms with Crippen LogP contribution in [0.2, 0.25) is 0 Å². The Morgan fingerprint density at radius 2 is 1.86 bits per heavy atom. The highest BCUT2D eigenvalue weighted by molar-refractivity contribution is 7.98. The van der Waals surface area contributed by atoms with Crippen LogP contribution in [0.5, 0.6) is 0 Å². The normalized spacial score (nSPS) is 11.2. The van der Waals surface area contributed by atoms with Crippen LogP contribution in [0.15, 0.2) is 40.5 Å². The van der Waals surface area contributed by atoms with E-state index in [9.17, 15) is 8.42 Å². The zero-order valence-corrected chi connectivity index (χ0v) is 14.1. The monoisotopic (exact) mass is 339 g/mol. The number of nitrogen functional groups attached to an aromatic ring is 1. The van der Waals surface area contributed by atoms with E-state index in [0.717, 1.165) is 0 Å². The van der Waals surface area contributed by atoms with Gasteiger partial charge in [-0.05, 0) is 30.5 Å². The maximum Gasteiger partial charge on any atom is 0.263 e. The molecule has 0 fully saturated rings. The first kappa shape index (κ1) is 16.4. The molecule has 7 nitrogen and oxygen atoms in total. The molecule has 0 saturated carbocycles. The van der Waals surface area contributed by atoms with Crippen molar-refractivity contribution in [3.63, 3.8) is 0 Å². The number of nitrogens with two attached hydrogens (primary N) is 1. The zero-order valence-electron chi connectivity index (χ0n) is 12.4. The van der Waals surface area contributed by atoms with Crippen LogP contribution < -0.4 is 15.4 Å². The summed E-state index contributed by atoms with van der Waals surface area (Å²) in [4.78, 5) is 10.3. The average molecular weight is 339 g/mol. The summed E-state index contributed by atoms with van der Waals surface area (Å²) in [6, 6.07) is 5.97. The van der Waals surface area contributed by atoms with Crippen molar-refractivity contribution in [3.8, 4) is 0 Å². The number of thioether (sulfide) groups is 1. The van der Waals surface area contributed by atoms with Gasteiger partial charge in [0.05, 0.1) is 16.8 Å². The van der Waals surface area contributed by atoms with E-state index in [1.807, 2.05) is 6.26 Å². The van der Waals surface area contributed by atoms with Gasteiger partial charge < -0.3 is 10.6 Å². The van der Waals surface area contributed by atoms with E-state index in [1.165, 1.54) is 36.0 Å². The number of hydrogen-bond acceptors (Lipinski definition) is 7. The second-order valence-electron chi connectivity index (χ2n) is 4.66. The van der Waals surface area contributed by atoms with Gasteiger partial charge in [-0.3, -0.25) is 4.72 Å². The Morgan fingerprint density at radius 1 is 1.23 bits per heavy atom. The van der Waals surface area contributed by atoms with E-state index in [2.05, 4.69) is 14.7 Å². The fraction of sp³-hybridized carbons (Fsp3) is 0.231. The molecule has 0 aliphatic carbocycles. The van der Waals surface area contributed by atoms with Crippen molar-refractivity contribution >= 4 is 39.0 Å². The summed E-state index contributed by atoms with van der Waals surface area (Å²) in [6.45, 7) is 0. The third kappa shape index (κ3) is 3.60. The van der Waals surface area contributed by atoms with Gasteiger partial charge in [0.25, 0.3) is 10.0 Å². The Kier molecular flexibility index (Phi) is 4.77. The van der Waals surface area contributed by atoms with E-state index in [0.29, 0.717) is 16.5 Å². The van der Waals surface area contributed by atoms with Crippen LogP contribution >= 0.6 is 11.8 Å². The van der Waals surface area contributed by atoms with Crippen LogP contribution in [0.3, 0.4) is 0 Å². The van der Waals surface area contributed by atoms with E-state index < -0.39 is 10.0 Å². The Bertz CT molecular complexity index is 760. The molecule has 118 valence electrons. The van der Waals surface area contributed by atoms with Gasteiger partial charge in [-0.15, -0.1) is 0 Å². The van der Waals surface area contributed by atoms with E-state index >= 15 is 0 Å². The molecule has 0 radical (unpaired) electrons. The first-order chi connectivity index (χ1) is 10.3. The summed E-state index contributed by atoms with van der Waals surface area (Å²) in [5.74, 6) is 0.237. The predicted molar refractivity (Wildman–Crippen MR) is 89.8 cm³/mol. The van der Waals surface area contributed by atoms with Crippen LogP contribution in [0.1, 0.15) is 0 Å². The number of nitrogens with one attached hydrogen (secondary N) is 1. The minimum absolute atomic E-state index is 0.121. The maximum atomic E-state index is 12.4. The van der Waals surface area contributed by atoms with Gasteiger partial charge in [0.15, 0.2) is 11.0 Å². The molecule has 1 aromatic carbocycles. The van der Waals surface area contributed by atoms with Crippen LogP contribution in [-0.2, 0) is 10.0 Å². The molecule has 3 N–H and O–H groups in total. The van der Waals surface area contributed by atoms with Crippen molar-refractivity contribution in [2.75, 3.05) is 35.7 Å². The first-order valence-corrected chi connectivity index (χ1v) is 9.01. The van der Waals surface area contributed by atoms with Crippen molar-refractivity contribution in [3.05, 3.63) is 30.5 Å². The van der Waals surface area contributed by atoms with Gasteiger partial charge in [-0.1, -0.05) is 11.8 Å². The first-order valence-electron chi connectivity index (χ1n) is 6.30. The molecule has 9 heteroatoms. The molecular weight excluding hydrogens is 322 g/mol. The molecule has 1 aromatic heterocycles. The van der Waals surface area contributed by atoms with Gasteiger partial charge in [-0.25, -0.2) is 18.4 Å². The van der Waals surface area contributed by atoms with E-state index in [4.69, 9.17) is 5.73 Å². The van der Waals surface area contributed by atoms with Crippen molar-refractivity contribution in [2.45, 2.75) is 10.1 Å². The lowest BCUT2D eigenvalue weighted by atomic mass is 10.3. The second kappa shape index (κ2) is 6.41. The molecule has 2 rings (SSSR count). The molecule has 0 spiro atoms. The summed E-state index contributed by atoms with van der Waals surface area (Å²) < 4.78 is 27.4. The van der Waals surface area contributed by atoms with Crippen molar-refractivity contribution in [1.29, 1.82) is 0 Å². The SMILES string of the molecule is CSc1ncc(N(C)C)c(NS(=O)(=O)c2ccc(N)cc2)n1. The minimum atomic E-state index is -3.74. The van der Waals surface area contributed by atoms with Gasteiger partial charge in [0.2, 0.25) is 0 Å². The molecule has 1 heterocycles. The highest BCUT2D eigenvalue weighted by Crippen LogP contribution is 2.26. The van der Waals surface area contributed by atoms with E-state index in [1.54, 1.807) is 25.2 Å². The molecule has 0 atom stereocenters. The number of rotatable bonds is 5.